The van der Waals surface area contributed by atoms with Crippen LogP contribution in [0.1, 0.15) is 42.4 Å². The molecule has 36 heavy (non-hydrogen) atoms. The Morgan fingerprint density at radius 2 is 1.67 bits per heavy atom. The number of methoxy groups -OCH3 is 1. The van der Waals surface area contributed by atoms with Gasteiger partial charge in [-0.2, -0.15) is 4.73 Å². The van der Waals surface area contributed by atoms with E-state index in [4.69, 9.17) is 14.3 Å². The lowest BCUT2D eigenvalue weighted by atomic mass is 9.98. The van der Waals surface area contributed by atoms with E-state index in [1.165, 1.54) is 19.4 Å². The van der Waals surface area contributed by atoms with Gasteiger partial charge in [0.05, 0.1) is 13.3 Å². The van der Waals surface area contributed by atoms with Gasteiger partial charge in [-0.25, -0.2) is 9.59 Å². The average Bonchev–Trinajstić information content (AvgIpc) is 3.22. The molecule has 1 heterocycles. The van der Waals surface area contributed by atoms with Crippen LogP contribution in [0.15, 0.2) is 71.7 Å². The number of fused-ring (bicyclic) bond motifs is 3. The lowest BCUT2D eigenvalue weighted by molar-refractivity contribution is -0.143. The van der Waals surface area contributed by atoms with Crippen molar-refractivity contribution in [2.75, 3.05) is 20.3 Å². The number of nitrogens with zero attached hydrogens (tertiary/aromatic N) is 1. The molecule has 1 unspecified atom stereocenters. The lowest BCUT2D eigenvalue weighted by Gasteiger charge is -2.19. The number of rotatable bonds is 10. The number of alkyl carbamates (subject to hydrolysis) is 1. The fraction of sp³-hybridized carbons (Fsp3) is 0.321. The Kier molecular flexibility index (Phi) is 8.05. The summed E-state index contributed by atoms with van der Waals surface area (Å²) < 4.78 is 11.6. The molecule has 8 nitrogen and oxygen atoms in total. The van der Waals surface area contributed by atoms with E-state index in [-0.39, 0.29) is 24.5 Å². The molecular weight excluding hydrogens is 460 g/mol. The molecule has 0 radical (unpaired) electrons. The van der Waals surface area contributed by atoms with Gasteiger partial charge in [0.1, 0.15) is 19.3 Å². The molecule has 2 aromatic carbocycles. The number of ether oxygens (including phenoxy) is 2. The van der Waals surface area contributed by atoms with E-state index in [9.17, 15) is 14.4 Å². The van der Waals surface area contributed by atoms with E-state index in [1.54, 1.807) is 6.07 Å². The number of aromatic nitrogens is 1. The molecule has 0 aliphatic heterocycles. The average molecular weight is 491 g/mol. The molecule has 1 aliphatic rings. The summed E-state index contributed by atoms with van der Waals surface area (Å²) in [5, 5.41) is 2.61. The summed E-state index contributed by atoms with van der Waals surface area (Å²) in [5.41, 5.74) is 4.77. The van der Waals surface area contributed by atoms with Crippen LogP contribution < -0.4 is 15.7 Å². The number of carbonyl (C=O) groups is 2. The zero-order valence-electron chi connectivity index (χ0n) is 20.4. The fourth-order valence-electron chi connectivity index (χ4n) is 4.39. The van der Waals surface area contributed by atoms with E-state index in [2.05, 4.69) is 17.4 Å². The number of nitrogens with one attached hydrogen (secondary N) is 1. The molecule has 0 fully saturated rings. The maximum Gasteiger partial charge on any atom is 0.407 e. The van der Waals surface area contributed by atoms with Gasteiger partial charge < -0.3 is 19.6 Å². The monoisotopic (exact) mass is 490 g/mol. The van der Waals surface area contributed by atoms with Crippen LogP contribution in [-0.2, 0) is 20.7 Å². The number of benzene rings is 2. The van der Waals surface area contributed by atoms with Crippen molar-refractivity contribution in [2.45, 2.75) is 38.1 Å². The van der Waals surface area contributed by atoms with Gasteiger partial charge >= 0.3 is 12.1 Å². The topological polar surface area (TPSA) is 95.9 Å². The molecule has 1 aliphatic carbocycles. The van der Waals surface area contributed by atoms with E-state index in [0.717, 1.165) is 39.8 Å². The number of carbonyl (C=O) groups excluding carboxylic acids is 2. The van der Waals surface area contributed by atoms with Crippen LogP contribution in [0, 0.1) is 0 Å². The Balaban J connectivity index is 1.42. The smallest absolute Gasteiger partial charge is 0.407 e. The molecule has 4 rings (SSSR count). The molecule has 1 atom stereocenters. The summed E-state index contributed by atoms with van der Waals surface area (Å²) >= 11 is 0. The molecule has 0 spiro atoms. The van der Waals surface area contributed by atoms with Gasteiger partial charge in [-0.1, -0.05) is 67.9 Å². The van der Waals surface area contributed by atoms with Crippen molar-refractivity contribution in [3.05, 3.63) is 93.9 Å². The van der Waals surface area contributed by atoms with Crippen molar-refractivity contribution >= 4 is 12.1 Å². The SMILES string of the molecule is CCCCOn1cc(CC(NC(=O)OCC2c3ccccc3-c3ccccc32)C(=O)OC)ccc1=O. The second kappa shape index (κ2) is 11.6. The highest BCUT2D eigenvalue weighted by Crippen LogP contribution is 2.44. The first kappa shape index (κ1) is 25.0. The van der Waals surface area contributed by atoms with E-state index in [1.807, 2.05) is 43.3 Å². The van der Waals surface area contributed by atoms with E-state index < -0.39 is 18.1 Å². The molecule has 1 amide bonds. The Morgan fingerprint density at radius 1 is 1.00 bits per heavy atom. The molecule has 188 valence electrons. The van der Waals surface area contributed by atoms with Crippen molar-refractivity contribution in [2.24, 2.45) is 0 Å². The minimum absolute atomic E-state index is 0.0939. The van der Waals surface area contributed by atoms with Gasteiger partial charge in [0.15, 0.2) is 0 Å². The van der Waals surface area contributed by atoms with Crippen LogP contribution in [-0.4, -0.2) is 43.2 Å². The number of pyridine rings is 1. The van der Waals surface area contributed by atoms with Gasteiger partial charge in [0.25, 0.3) is 5.56 Å². The Labute approximate surface area is 209 Å². The Hall–Kier alpha value is -4.07. The van der Waals surface area contributed by atoms with Crippen LogP contribution in [0.3, 0.4) is 0 Å². The summed E-state index contributed by atoms with van der Waals surface area (Å²) in [5.74, 6) is -0.711. The predicted octanol–water partition coefficient (Wildman–Crippen LogP) is 3.70. The largest absolute Gasteiger partial charge is 0.467 e. The van der Waals surface area contributed by atoms with Crippen molar-refractivity contribution in [1.82, 2.24) is 10.0 Å². The number of hydrogen-bond acceptors (Lipinski definition) is 6. The van der Waals surface area contributed by atoms with Gasteiger partial charge in [0.2, 0.25) is 0 Å². The lowest BCUT2D eigenvalue weighted by Crippen LogP contribution is -2.43. The molecule has 1 aromatic heterocycles. The van der Waals surface area contributed by atoms with Gasteiger partial charge in [-0.05, 0) is 34.2 Å². The van der Waals surface area contributed by atoms with Crippen LogP contribution >= 0.6 is 0 Å². The highest BCUT2D eigenvalue weighted by atomic mass is 16.7. The van der Waals surface area contributed by atoms with Gasteiger partial charge in [0, 0.05) is 18.4 Å². The Morgan fingerprint density at radius 3 is 2.31 bits per heavy atom. The number of esters is 1. The number of unbranched alkanes of at least 4 members (excludes halogenated alkanes) is 1. The molecular formula is C28H30N2O6. The van der Waals surface area contributed by atoms with Crippen molar-refractivity contribution < 1.29 is 23.9 Å². The third kappa shape index (κ3) is 5.59. The second-order valence-electron chi connectivity index (χ2n) is 8.64. The molecule has 3 aromatic rings. The Bertz CT molecular complexity index is 1240. The molecule has 0 saturated heterocycles. The fourth-order valence-corrected chi connectivity index (χ4v) is 4.39. The standard InChI is InChI=1S/C28H30N2O6/c1-3-4-15-36-30-17-19(13-14-26(30)31)16-25(27(32)34-2)29-28(33)35-18-24-22-11-7-5-9-20(22)21-10-6-8-12-23(21)24/h5-14,17,24-25H,3-4,15-16,18H2,1-2H3,(H,29,33). The van der Waals surface area contributed by atoms with Crippen molar-refractivity contribution in [1.29, 1.82) is 0 Å². The third-order valence-corrected chi connectivity index (χ3v) is 6.23. The molecule has 0 saturated carbocycles. The van der Waals surface area contributed by atoms with Crippen molar-refractivity contribution in [3.8, 4) is 11.1 Å². The first-order chi connectivity index (χ1) is 17.5. The second-order valence-corrected chi connectivity index (χ2v) is 8.64. The first-order valence-electron chi connectivity index (χ1n) is 12.1. The summed E-state index contributed by atoms with van der Waals surface area (Å²) in [4.78, 5) is 42.7. The first-order valence-corrected chi connectivity index (χ1v) is 12.1. The van der Waals surface area contributed by atoms with Gasteiger partial charge in [-0.15, -0.1) is 0 Å². The van der Waals surface area contributed by atoms with E-state index >= 15 is 0 Å². The maximum atomic E-state index is 12.7. The quantitative estimate of drug-likeness (QED) is 0.344. The third-order valence-electron chi connectivity index (χ3n) is 6.23. The van der Waals surface area contributed by atoms with Crippen LogP contribution in [0.25, 0.3) is 11.1 Å². The zero-order valence-corrected chi connectivity index (χ0v) is 20.4. The van der Waals surface area contributed by atoms with Gasteiger partial charge in [-0.3, -0.25) is 4.79 Å². The summed E-state index contributed by atoms with van der Waals surface area (Å²) in [6.07, 6.45) is 2.65. The summed E-state index contributed by atoms with van der Waals surface area (Å²) in [7, 11) is 1.25. The summed E-state index contributed by atoms with van der Waals surface area (Å²) in [6, 6.07) is 18.1. The summed E-state index contributed by atoms with van der Waals surface area (Å²) in [6.45, 7) is 2.56. The minimum Gasteiger partial charge on any atom is -0.467 e. The highest BCUT2D eigenvalue weighted by Gasteiger charge is 2.30. The van der Waals surface area contributed by atoms with Crippen LogP contribution in [0.4, 0.5) is 4.79 Å². The normalized spacial score (nSPS) is 12.8. The minimum atomic E-state index is -0.993. The van der Waals surface area contributed by atoms with Crippen LogP contribution in [0.5, 0.6) is 0 Å². The maximum absolute atomic E-state index is 12.7. The molecule has 0 bridgehead atoms. The number of hydrogen-bond donors (Lipinski definition) is 1. The zero-order chi connectivity index (χ0) is 25.5. The highest BCUT2D eigenvalue weighted by molar-refractivity contribution is 5.82. The molecule has 1 N–H and O–H groups in total. The van der Waals surface area contributed by atoms with Crippen molar-refractivity contribution in [3.63, 3.8) is 0 Å². The predicted molar refractivity (Wildman–Crippen MR) is 135 cm³/mol. The number of amides is 1. The van der Waals surface area contributed by atoms with Crippen LogP contribution in [0.2, 0.25) is 0 Å². The molecule has 8 heteroatoms. The van der Waals surface area contributed by atoms with E-state index in [0.29, 0.717) is 12.2 Å².